The highest BCUT2D eigenvalue weighted by molar-refractivity contribution is 7.15. The second kappa shape index (κ2) is 7.50. The number of benzene rings is 1. The fourth-order valence-corrected chi connectivity index (χ4v) is 3.30. The maximum Gasteiger partial charge on any atom is 0.290 e. The van der Waals surface area contributed by atoms with Crippen molar-refractivity contribution in [2.45, 2.75) is 20.4 Å². The molecular formula is C18H16N4O4S. The summed E-state index contributed by atoms with van der Waals surface area (Å²) in [5.74, 6) is -1.33. The number of nitrogens with zero attached hydrogens (tertiary/aromatic N) is 2. The molecule has 2 heterocycles. The van der Waals surface area contributed by atoms with E-state index in [0.717, 1.165) is 11.3 Å². The quantitative estimate of drug-likeness (QED) is 0.526. The van der Waals surface area contributed by atoms with Crippen molar-refractivity contribution < 1.29 is 14.4 Å². The van der Waals surface area contributed by atoms with Gasteiger partial charge < -0.3 is 0 Å². The maximum atomic E-state index is 12.5. The number of hydrogen-bond acceptors (Lipinski definition) is 6. The monoisotopic (exact) mass is 384 g/mol. The molecule has 0 bridgehead atoms. The summed E-state index contributed by atoms with van der Waals surface area (Å²) in [5.41, 5.74) is 4.35. The zero-order valence-electron chi connectivity index (χ0n) is 14.6. The molecule has 27 heavy (non-hydrogen) atoms. The van der Waals surface area contributed by atoms with Crippen LogP contribution in [0.3, 0.4) is 0 Å². The van der Waals surface area contributed by atoms with Gasteiger partial charge in [-0.25, -0.2) is 4.68 Å². The molecule has 3 aromatic rings. The SMILES string of the molecule is CCn1nc(C(=O)NNC(=O)c2ccc(C(C)=O)s2)c2ccccc2c1=O. The molecule has 2 amide bonds. The first kappa shape index (κ1) is 18.5. The van der Waals surface area contributed by atoms with E-state index in [1.165, 1.54) is 17.7 Å². The number of carbonyl (C=O) groups is 3. The average molecular weight is 384 g/mol. The Labute approximate surface area is 157 Å². The Kier molecular flexibility index (Phi) is 5.13. The zero-order chi connectivity index (χ0) is 19.6. The second-order valence-corrected chi connectivity index (χ2v) is 6.73. The van der Waals surface area contributed by atoms with Gasteiger partial charge >= 0.3 is 0 Å². The molecule has 138 valence electrons. The van der Waals surface area contributed by atoms with Gasteiger partial charge in [-0.1, -0.05) is 18.2 Å². The largest absolute Gasteiger partial charge is 0.294 e. The van der Waals surface area contributed by atoms with E-state index in [4.69, 9.17) is 0 Å². The summed E-state index contributed by atoms with van der Waals surface area (Å²) in [5, 5.41) is 4.86. The number of aryl methyl sites for hydroxylation is 1. The van der Waals surface area contributed by atoms with Gasteiger partial charge in [-0.05, 0) is 32.0 Å². The molecule has 0 atom stereocenters. The van der Waals surface area contributed by atoms with Crippen molar-refractivity contribution in [3.8, 4) is 0 Å². The van der Waals surface area contributed by atoms with Crippen molar-refractivity contribution in [2.24, 2.45) is 0 Å². The number of nitrogens with one attached hydrogen (secondary N) is 2. The minimum absolute atomic E-state index is 0.0305. The standard InChI is InChI=1S/C18H16N4O4S/c1-3-22-18(26)12-7-5-4-6-11(12)15(21-22)17(25)20-19-16(24)14-9-8-13(27-14)10(2)23/h4-9H,3H2,1-2H3,(H,19,24)(H,20,25). The summed E-state index contributed by atoms with van der Waals surface area (Å²) in [6.45, 7) is 3.46. The van der Waals surface area contributed by atoms with Crippen LogP contribution >= 0.6 is 11.3 Å². The van der Waals surface area contributed by atoms with E-state index in [2.05, 4.69) is 16.0 Å². The van der Waals surface area contributed by atoms with Gasteiger partial charge in [-0.15, -0.1) is 11.3 Å². The highest BCUT2D eigenvalue weighted by Crippen LogP contribution is 2.17. The van der Waals surface area contributed by atoms with E-state index in [9.17, 15) is 19.2 Å². The molecule has 0 saturated heterocycles. The fraction of sp³-hybridized carbons (Fsp3) is 0.167. The number of fused-ring (bicyclic) bond motifs is 1. The third-order valence-corrected chi connectivity index (χ3v) is 5.03. The second-order valence-electron chi connectivity index (χ2n) is 5.64. The Morgan fingerprint density at radius 3 is 2.26 bits per heavy atom. The summed E-state index contributed by atoms with van der Waals surface area (Å²) >= 11 is 1.03. The molecule has 0 fully saturated rings. The van der Waals surface area contributed by atoms with Crippen LogP contribution in [0.25, 0.3) is 10.8 Å². The van der Waals surface area contributed by atoms with Crippen molar-refractivity contribution in [2.75, 3.05) is 0 Å². The molecule has 9 heteroatoms. The maximum absolute atomic E-state index is 12.5. The normalized spacial score (nSPS) is 10.6. The average Bonchev–Trinajstić information content (AvgIpc) is 3.17. The predicted octanol–water partition coefficient (Wildman–Crippen LogP) is 1.76. The van der Waals surface area contributed by atoms with E-state index in [1.54, 1.807) is 37.3 Å². The first-order valence-electron chi connectivity index (χ1n) is 8.13. The van der Waals surface area contributed by atoms with Crippen molar-refractivity contribution in [3.63, 3.8) is 0 Å². The number of hydrogen-bond donors (Lipinski definition) is 2. The highest BCUT2D eigenvalue weighted by atomic mass is 32.1. The van der Waals surface area contributed by atoms with Gasteiger partial charge in [-0.3, -0.25) is 30.0 Å². The predicted molar refractivity (Wildman–Crippen MR) is 101 cm³/mol. The Hall–Kier alpha value is -3.33. The van der Waals surface area contributed by atoms with Crippen LogP contribution in [0.5, 0.6) is 0 Å². The van der Waals surface area contributed by atoms with Crippen molar-refractivity contribution >= 4 is 39.7 Å². The molecule has 2 aromatic heterocycles. The number of aromatic nitrogens is 2. The smallest absolute Gasteiger partial charge is 0.290 e. The highest BCUT2D eigenvalue weighted by Gasteiger charge is 2.18. The topological polar surface area (TPSA) is 110 Å². The van der Waals surface area contributed by atoms with Gasteiger partial charge in [0.15, 0.2) is 11.5 Å². The van der Waals surface area contributed by atoms with Gasteiger partial charge in [-0.2, -0.15) is 5.10 Å². The van der Waals surface area contributed by atoms with Gasteiger partial charge in [0.05, 0.1) is 15.1 Å². The molecule has 0 aliphatic carbocycles. The minimum atomic E-state index is -0.648. The van der Waals surface area contributed by atoms with E-state index in [0.29, 0.717) is 22.2 Å². The van der Waals surface area contributed by atoms with Crippen LogP contribution in [0.1, 0.15) is 43.7 Å². The van der Waals surface area contributed by atoms with Crippen LogP contribution in [0.15, 0.2) is 41.2 Å². The number of carbonyl (C=O) groups excluding carboxylic acids is 3. The van der Waals surface area contributed by atoms with Gasteiger partial charge in [0.25, 0.3) is 17.4 Å². The van der Waals surface area contributed by atoms with Gasteiger partial charge in [0.1, 0.15) is 0 Å². The number of thiophene rings is 1. The Morgan fingerprint density at radius 1 is 1.00 bits per heavy atom. The lowest BCUT2D eigenvalue weighted by Gasteiger charge is -2.10. The van der Waals surface area contributed by atoms with E-state index < -0.39 is 11.8 Å². The number of Topliss-reactive ketones (excluding diaryl/α,β-unsaturated/α-hetero) is 1. The minimum Gasteiger partial charge on any atom is -0.294 e. The molecule has 0 spiro atoms. The third-order valence-electron chi connectivity index (χ3n) is 3.85. The van der Waals surface area contributed by atoms with Crippen molar-refractivity contribution in [1.82, 2.24) is 20.6 Å². The van der Waals surface area contributed by atoms with Crippen molar-refractivity contribution in [3.05, 3.63) is 62.2 Å². The number of ketones is 1. The molecule has 0 radical (unpaired) electrons. The number of hydrazine groups is 1. The zero-order valence-corrected chi connectivity index (χ0v) is 15.4. The molecule has 3 rings (SSSR count). The molecule has 0 aliphatic heterocycles. The number of amides is 2. The van der Waals surface area contributed by atoms with E-state index in [-0.39, 0.29) is 21.9 Å². The molecule has 0 saturated carbocycles. The Bertz CT molecular complexity index is 1120. The Balaban J connectivity index is 1.84. The summed E-state index contributed by atoms with van der Waals surface area (Å²) in [7, 11) is 0. The fourth-order valence-electron chi connectivity index (χ4n) is 2.50. The molecule has 2 N–H and O–H groups in total. The van der Waals surface area contributed by atoms with Gasteiger partial charge in [0, 0.05) is 11.9 Å². The van der Waals surface area contributed by atoms with Gasteiger partial charge in [0.2, 0.25) is 0 Å². The molecule has 0 aliphatic rings. The van der Waals surface area contributed by atoms with Crippen LogP contribution < -0.4 is 16.4 Å². The van der Waals surface area contributed by atoms with E-state index >= 15 is 0 Å². The summed E-state index contributed by atoms with van der Waals surface area (Å²) < 4.78 is 1.19. The summed E-state index contributed by atoms with van der Waals surface area (Å²) in [6.07, 6.45) is 0. The first-order chi connectivity index (χ1) is 12.9. The van der Waals surface area contributed by atoms with Crippen LogP contribution in [-0.4, -0.2) is 27.4 Å². The van der Waals surface area contributed by atoms with Crippen LogP contribution in [0.4, 0.5) is 0 Å². The molecular weight excluding hydrogens is 368 g/mol. The molecule has 0 unspecified atom stereocenters. The first-order valence-corrected chi connectivity index (χ1v) is 8.95. The van der Waals surface area contributed by atoms with Crippen LogP contribution in [-0.2, 0) is 6.54 Å². The lowest BCUT2D eigenvalue weighted by molar-refractivity contribution is 0.0846. The van der Waals surface area contributed by atoms with Crippen LogP contribution in [0.2, 0.25) is 0 Å². The Morgan fingerprint density at radius 2 is 1.63 bits per heavy atom. The number of rotatable bonds is 4. The van der Waals surface area contributed by atoms with Crippen molar-refractivity contribution in [1.29, 1.82) is 0 Å². The summed E-state index contributed by atoms with van der Waals surface area (Å²) in [4.78, 5) is 49.1. The third kappa shape index (κ3) is 3.63. The summed E-state index contributed by atoms with van der Waals surface area (Å²) in [6, 6.07) is 9.71. The molecule has 8 nitrogen and oxygen atoms in total. The van der Waals surface area contributed by atoms with Crippen LogP contribution in [0, 0.1) is 0 Å². The van der Waals surface area contributed by atoms with E-state index in [1.807, 2.05) is 0 Å². The lowest BCUT2D eigenvalue weighted by atomic mass is 10.1. The molecule has 1 aromatic carbocycles. The lowest BCUT2D eigenvalue weighted by Crippen LogP contribution is -2.42.